The Labute approximate surface area is 85.9 Å². The fraction of sp³-hybridized carbons (Fsp3) is 0.100. The van der Waals surface area contributed by atoms with Crippen molar-refractivity contribution in [1.29, 1.82) is 0 Å². The molecule has 0 aliphatic carbocycles. The van der Waals surface area contributed by atoms with Crippen molar-refractivity contribution in [1.82, 2.24) is 9.97 Å². The molecule has 5 heteroatoms. The maximum atomic E-state index is 11.1. The van der Waals surface area contributed by atoms with Gasteiger partial charge in [-0.3, -0.25) is 9.78 Å². The summed E-state index contributed by atoms with van der Waals surface area (Å²) < 4.78 is 4.98. The average Bonchev–Trinajstić information content (AvgIpc) is 2.27. The summed E-state index contributed by atoms with van der Waals surface area (Å²) in [5, 5.41) is 0. The molecule has 15 heavy (non-hydrogen) atoms. The summed E-state index contributed by atoms with van der Waals surface area (Å²) in [5.74, 6) is -0.352. The van der Waals surface area contributed by atoms with Gasteiger partial charge < -0.3 is 10.5 Å². The van der Waals surface area contributed by atoms with Gasteiger partial charge in [-0.05, 0) is 18.2 Å². The van der Waals surface area contributed by atoms with Gasteiger partial charge in [-0.2, -0.15) is 0 Å². The number of nitrogens with two attached hydrogens (primary N) is 1. The molecule has 0 aliphatic rings. The smallest absolute Gasteiger partial charge is 0.254 e. The van der Waals surface area contributed by atoms with E-state index < -0.39 is 5.91 Å². The molecule has 0 fully saturated rings. The molecule has 5 nitrogen and oxygen atoms in total. The summed E-state index contributed by atoms with van der Waals surface area (Å²) in [5.41, 5.74) is 6.72. The van der Waals surface area contributed by atoms with Crippen LogP contribution in [0.3, 0.4) is 0 Å². The van der Waals surface area contributed by atoms with Gasteiger partial charge in [-0.1, -0.05) is 0 Å². The average molecular weight is 203 g/mol. The Hall–Kier alpha value is -2.17. The number of hydrogen-bond acceptors (Lipinski definition) is 4. The largest absolute Gasteiger partial charge is 0.480 e. The quantitative estimate of drug-likeness (QED) is 0.780. The number of carbonyl (C=O) groups is 1. The maximum absolute atomic E-state index is 11.1. The van der Waals surface area contributed by atoms with E-state index in [1.807, 2.05) is 0 Å². The summed E-state index contributed by atoms with van der Waals surface area (Å²) in [6.45, 7) is 0. The highest BCUT2D eigenvalue weighted by Gasteiger charge is 2.12. The lowest BCUT2D eigenvalue weighted by atomic mass is 10.2. The number of carbonyl (C=O) groups excluding carboxylic acids is 1. The predicted octanol–water partition coefficient (Wildman–Crippen LogP) is 0.737. The topological polar surface area (TPSA) is 78.1 Å². The van der Waals surface area contributed by atoms with E-state index in [4.69, 9.17) is 10.5 Å². The first-order chi connectivity index (χ1) is 7.22. The molecule has 0 radical (unpaired) electrons. The van der Waals surface area contributed by atoms with Crippen LogP contribution in [0.4, 0.5) is 0 Å². The lowest BCUT2D eigenvalue weighted by molar-refractivity contribution is 0.0997. The zero-order valence-corrected chi connectivity index (χ0v) is 8.10. The molecule has 0 saturated heterocycles. The molecule has 76 valence electrons. The molecule has 0 aromatic carbocycles. The highest BCUT2D eigenvalue weighted by atomic mass is 16.5. The van der Waals surface area contributed by atoms with Crippen LogP contribution in [0.15, 0.2) is 24.4 Å². The number of ether oxygens (including phenoxy) is 1. The van der Waals surface area contributed by atoms with Gasteiger partial charge in [-0.15, -0.1) is 0 Å². The van der Waals surface area contributed by atoms with Crippen molar-refractivity contribution >= 4 is 16.9 Å². The van der Waals surface area contributed by atoms with Crippen molar-refractivity contribution < 1.29 is 9.53 Å². The van der Waals surface area contributed by atoms with E-state index in [1.54, 1.807) is 24.4 Å². The zero-order chi connectivity index (χ0) is 10.8. The van der Waals surface area contributed by atoms with Crippen LogP contribution in [0, 0.1) is 0 Å². The molecule has 2 aromatic heterocycles. The first kappa shape index (κ1) is 9.39. The minimum Gasteiger partial charge on any atom is -0.480 e. The van der Waals surface area contributed by atoms with Crippen LogP contribution in [0.5, 0.6) is 5.88 Å². The van der Waals surface area contributed by atoms with E-state index in [1.165, 1.54) is 7.11 Å². The summed E-state index contributed by atoms with van der Waals surface area (Å²) in [6, 6.07) is 5.12. The minimum absolute atomic E-state index is 0.225. The Morgan fingerprint density at radius 2 is 2.27 bits per heavy atom. The monoisotopic (exact) mass is 203 g/mol. The summed E-state index contributed by atoms with van der Waals surface area (Å²) in [7, 11) is 1.44. The number of fused-ring (bicyclic) bond motifs is 1. The summed E-state index contributed by atoms with van der Waals surface area (Å²) in [4.78, 5) is 19.3. The fourth-order valence-corrected chi connectivity index (χ4v) is 1.31. The lowest BCUT2D eigenvalue weighted by Crippen LogP contribution is -2.13. The number of primary amides is 1. The highest BCUT2D eigenvalue weighted by molar-refractivity contribution is 5.98. The van der Waals surface area contributed by atoms with Gasteiger partial charge in [0, 0.05) is 6.20 Å². The molecule has 2 heterocycles. The number of methoxy groups -OCH3 is 1. The molecule has 0 aliphatic heterocycles. The van der Waals surface area contributed by atoms with Crippen LogP contribution in [0.2, 0.25) is 0 Å². The van der Waals surface area contributed by atoms with Crippen molar-refractivity contribution in [3.8, 4) is 5.88 Å². The molecule has 0 spiro atoms. The van der Waals surface area contributed by atoms with Gasteiger partial charge in [0.1, 0.15) is 5.56 Å². The minimum atomic E-state index is -0.577. The number of aromatic nitrogens is 2. The number of hydrogen-bond donors (Lipinski definition) is 1. The van der Waals surface area contributed by atoms with Crippen molar-refractivity contribution in [3.05, 3.63) is 30.0 Å². The van der Waals surface area contributed by atoms with Crippen molar-refractivity contribution in [2.75, 3.05) is 7.11 Å². The SMILES string of the molecule is COc1nc2cccnc2cc1C(N)=O. The van der Waals surface area contributed by atoms with Crippen LogP contribution in [-0.4, -0.2) is 23.0 Å². The highest BCUT2D eigenvalue weighted by Crippen LogP contribution is 2.19. The maximum Gasteiger partial charge on any atom is 0.254 e. The molecule has 2 rings (SSSR count). The normalized spacial score (nSPS) is 10.2. The molecule has 0 bridgehead atoms. The Bertz CT molecular complexity index is 525. The Morgan fingerprint density at radius 3 is 2.93 bits per heavy atom. The van der Waals surface area contributed by atoms with Crippen LogP contribution in [0.25, 0.3) is 11.0 Å². The van der Waals surface area contributed by atoms with Crippen LogP contribution < -0.4 is 10.5 Å². The molecule has 0 atom stereocenters. The van der Waals surface area contributed by atoms with E-state index in [0.29, 0.717) is 11.0 Å². The van der Waals surface area contributed by atoms with Gasteiger partial charge in [0.25, 0.3) is 5.91 Å². The number of pyridine rings is 2. The molecular weight excluding hydrogens is 194 g/mol. The third-order valence-corrected chi connectivity index (χ3v) is 2.01. The molecule has 0 saturated carbocycles. The van der Waals surface area contributed by atoms with Crippen molar-refractivity contribution in [3.63, 3.8) is 0 Å². The standard InChI is InChI=1S/C10H9N3O2/c1-15-10-6(9(11)14)5-8-7(13-10)3-2-4-12-8/h2-5H,1H3,(H2,11,14). The second kappa shape index (κ2) is 3.53. The van der Waals surface area contributed by atoms with Crippen LogP contribution >= 0.6 is 0 Å². The van der Waals surface area contributed by atoms with E-state index in [2.05, 4.69) is 9.97 Å². The Kier molecular flexibility index (Phi) is 2.21. The number of amides is 1. The van der Waals surface area contributed by atoms with Crippen LogP contribution in [0.1, 0.15) is 10.4 Å². The molecule has 1 amide bonds. The summed E-state index contributed by atoms with van der Waals surface area (Å²) >= 11 is 0. The molecular formula is C10H9N3O2. The fourth-order valence-electron chi connectivity index (χ4n) is 1.31. The first-order valence-corrected chi connectivity index (χ1v) is 4.32. The second-order valence-electron chi connectivity index (χ2n) is 2.95. The number of rotatable bonds is 2. The third-order valence-electron chi connectivity index (χ3n) is 2.01. The Morgan fingerprint density at radius 1 is 1.47 bits per heavy atom. The van der Waals surface area contributed by atoms with Crippen LogP contribution in [-0.2, 0) is 0 Å². The van der Waals surface area contributed by atoms with E-state index in [9.17, 15) is 4.79 Å². The van der Waals surface area contributed by atoms with Crippen molar-refractivity contribution in [2.45, 2.75) is 0 Å². The van der Waals surface area contributed by atoms with E-state index in [0.717, 1.165) is 0 Å². The predicted molar refractivity (Wildman–Crippen MR) is 54.6 cm³/mol. The third kappa shape index (κ3) is 1.59. The van der Waals surface area contributed by atoms with Gasteiger partial charge in [-0.25, -0.2) is 4.98 Å². The van der Waals surface area contributed by atoms with E-state index >= 15 is 0 Å². The van der Waals surface area contributed by atoms with Gasteiger partial charge >= 0.3 is 0 Å². The summed E-state index contributed by atoms with van der Waals surface area (Å²) in [6.07, 6.45) is 1.63. The van der Waals surface area contributed by atoms with E-state index in [-0.39, 0.29) is 11.4 Å². The first-order valence-electron chi connectivity index (χ1n) is 4.32. The number of nitrogens with zero attached hydrogens (tertiary/aromatic N) is 2. The van der Waals surface area contributed by atoms with Gasteiger partial charge in [0.05, 0.1) is 18.1 Å². The van der Waals surface area contributed by atoms with Crippen molar-refractivity contribution in [2.24, 2.45) is 5.73 Å². The zero-order valence-electron chi connectivity index (χ0n) is 8.10. The molecule has 2 aromatic rings. The Balaban J connectivity index is 2.74. The van der Waals surface area contributed by atoms with Gasteiger partial charge in [0.2, 0.25) is 5.88 Å². The molecule has 2 N–H and O–H groups in total. The second-order valence-corrected chi connectivity index (χ2v) is 2.95. The van der Waals surface area contributed by atoms with Gasteiger partial charge in [0.15, 0.2) is 0 Å². The molecule has 0 unspecified atom stereocenters. The lowest BCUT2D eigenvalue weighted by Gasteiger charge is -2.05.